The van der Waals surface area contributed by atoms with Crippen LogP contribution in [0.25, 0.3) is 0 Å². The predicted molar refractivity (Wildman–Crippen MR) is 89.5 cm³/mol. The minimum Gasteiger partial charge on any atom is -0.373 e. The monoisotopic (exact) mass is 377 g/mol. The number of morpholine rings is 1. The van der Waals surface area contributed by atoms with Crippen LogP contribution in [-0.4, -0.2) is 60.1 Å². The predicted octanol–water partition coefficient (Wildman–Crippen LogP) is -0.278. The van der Waals surface area contributed by atoms with Gasteiger partial charge in [0.1, 0.15) is 0 Å². The maximum atomic E-state index is 12.3. The molecule has 0 radical (unpaired) electrons. The fourth-order valence-corrected chi connectivity index (χ4v) is 4.41. The quantitative estimate of drug-likeness (QED) is 0.704. The minimum atomic E-state index is -3.95. The molecule has 2 rings (SSSR count). The van der Waals surface area contributed by atoms with Crippen LogP contribution in [0.1, 0.15) is 13.8 Å². The Morgan fingerprint density at radius 3 is 2.33 bits per heavy atom. The SMILES string of the molecule is CC1CN(CCNS(=O)(=O)c2cccc(S(N)(=O)=O)c2)CC(C)O1. The molecule has 136 valence electrons. The van der Waals surface area contributed by atoms with Crippen molar-refractivity contribution in [1.29, 1.82) is 0 Å². The minimum absolute atomic E-state index is 0.108. The van der Waals surface area contributed by atoms with Gasteiger partial charge in [-0.3, -0.25) is 4.90 Å². The molecule has 0 amide bonds. The van der Waals surface area contributed by atoms with Crippen LogP contribution in [-0.2, 0) is 24.8 Å². The first-order valence-corrected chi connectivity index (χ1v) is 10.6. The summed E-state index contributed by atoms with van der Waals surface area (Å²) in [7, 11) is -7.75. The van der Waals surface area contributed by atoms with Crippen LogP contribution in [0.3, 0.4) is 0 Å². The fraction of sp³-hybridized carbons (Fsp3) is 0.571. The number of primary sulfonamides is 1. The second-order valence-corrected chi connectivity index (χ2v) is 9.26. The van der Waals surface area contributed by atoms with Gasteiger partial charge in [0.25, 0.3) is 0 Å². The van der Waals surface area contributed by atoms with Gasteiger partial charge in [0, 0.05) is 26.2 Å². The average Bonchev–Trinajstić information content (AvgIpc) is 2.45. The van der Waals surface area contributed by atoms with E-state index >= 15 is 0 Å². The molecular weight excluding hydrogens is 354 g/mol. The van der Waals surface area contributed by atoms with Crippen molar-refractivity contribution in [2.24, 2.45) is 5.14 Å². The average molecular weight is 377 g/mol. The Morgan fingerprint density at radius 1 is 1.17 bits per heavy atom. The highest BCUT2D eigenvalue weighted by atomic mass is 32.2. The van der Waals surface area contributed by atoms with Crippen LogP contribution in [0.15, 0.2) is 34.1 Å². The van der Waals surface area contributed by atoms with Gasteiger partial charge >= 0.3 is 0 Å². The van der Waals surface area contributed by atoms with Crippen molar-refractivity contribution in [3.8, 4) is 0 Å². The molecule has 1 aliphatic rings. The van der Waals surface area contributed by atoms with Crippen LogP contribution in [0.4, 0.5) is 0 Å². The number of nitrogens with zero attached hydrogens (tertiary/aromatic N) is 1. The van der Waals surface area contributed by atoms with Crippen molar-refractivity contribution < 1.29 is 21.6 Å². The van der Waals surface area contributed by atoms with E-state index in [1.54, 1.807) is 0 Å². The lowest BCUT2D eigenvalue weighted by Gasteiger charge is -2.35. The summed E-state index contributed by atoms with van der Waals surface area (Å²) in [5.74, 6) is 0. The summed E-state index contributed by atoms with van der Waals surface area (Å²) in [6.07, 6.45) is 0.216. The number of ether oxygens (including phenoxy) is 1. The van der Waals surface area contributed by atoms with Crippen molar-refractivity contribution in [2.45, 2.75) is 35.8 Å². The first kappa shape index (κ1) is 19.3. The summed E-state index contributed by atoms with van der Waals surface area (Å²) in [6.45, 7) is 6.21. The van der Waals surface area contributed by atoms with E-state index in [4.69, 9.17) is 9.88 Å². The molecule has 8 nitrogen and oxygen atoms in total. The largest absolute Gasteiger partial charge is 0.373 e. The molecular formula is C14H23N3O5S2. The molecule has 0 saturated carbocycles. The molecule has 0 aromatic heterocycles. The highest BCUT2D eigenvalue weighted by Gasteiger charge is 2.22. The second-order valence-electron chi connectivity index (χ2n) is 5.93. The van der Waals surface area contributed by atoms with Crippen molar-refractivity contribution >= 4 is 20.0 Å². The highest BCUT2D eigenvalue weighted by molar-refractivity contribution is 7.90. The Kier molecular flexibility index (Phi) is 6.00. The standard InChI is InChI=1S/C14H23N3O5S2/c1-11-9-17(10-12(2)22-11)7-6-16-24(20,21)14-5-3-4-13(8-14)23(15,18)19/h3-5,8,11-12,16H,6-7,9-10H2,1-2H3,(H2,15,18,19). The summed E-state index contributed by atoms with van der Waals surface area (Å²) < 4.78 is 55.4. The second kappa shape index (κ2) is 7.46. The zero-order valence-corrected chi connectivity index (χ0v) is 15.3. The van der Waals surface area contributed by atoms with E-state index < -0.39 is 20.0 Å². The maximum absolute atomic E-state index is 12.3. The van der Waals surface area contributed by atoms with Gasteiger partial charge in [-0.05, 0) is 32.0 Å². The molecule has 2 atom stereocenters. The first-order valence-electron chi connectivity index (χ1n) is 7.58. The smallest absolute Gasteiger partial charge is 0.240 e. The third kappa shape index (κ3) is 5.23. The van der Waals surface area contributed by atoms with E-state index in [1.165, 1.54) is 18.2 Å². The van der Waals surface area contributed by atoms with Gasteiger partial charge in [-0.25, -0.2) is 26.7 Å². The van der Waals surface area contributed by atoms with Crippen molar-refractivity contribution in [2.75, 3.05) is 26.2 Å². The molecule has 1 saturated heterocycles. The Hall–Kier alpha value is -1.04. The first-order chi connectivity index (χ1) is 11.1. The summed E-state index contributed by atoms with van der Waals surface area (Å²) >= 11 is 0. The van der Waals surface area contributed by atoms with Gasteiger partial charge in [0.05, 0.1) is 22.0 Å². The summed E-state index contributed by atoms with van der Waals surface area (Å²) in [5.41, 5.74) is 0. The van der Waals surface area contributed by atoms with Crippen molar-refractivity contribution in [3.63, 3.8) is 0 Å². The van der Waals surface area contributed by atoms with Crippen molar-refractivity contribution in [1.82, 2.24) is 9.62 Å². The maximum Gasteiger partial charge on any atom is 0.240 e. The van der Waals surface area contributed by atoms with Crippen LogP contribution < -0.4 is 9.86 Å². The number of benzene rings is 1. The number of hydrogen-bond donors (Lipinski definition) is 2. The Labute approximate surface area is 143 Å². The molecule has 1 fully saturated rings. The number of rotatable bonds is 6. The van der Waals surface area contributed by atoms with Gasteiger partial charge < -0.3 is 4.74 Å². The zero-order chi connectivity index (χ0) is 18.0. The fourth-order valence-electron chi connectivity index (χ4n) is 2.71. The Balaban J connectivity index is 1.99. The van der Waals surface area contributed by atoms with E-state index in [2.05, 4.69) is 9.62 Å². The number of hydrogen-bond acceptors (Lipinski definition) is 6. The molecule has 3 N–H and O–H groups in total. The normalized spacial score (nSPS) is 23.3. The van der Waals surface area contributed by atoms with Gasteiger partial charge in [-0.2, -0.15) is 0 Å². The van der Waals surface area contributed by atoms with Gasteiger partial charge in [0.2, 0.25) is 20.0 Å². The topological polar surface area (TPSA) is 119 Å². The van der Waals surface area contributed by atoms with E-state index in [0.717, 1.165) is 19.2 Å². The Bertz CT molecular complexity index is 769. The van der Waals surface area contributed by atoms with Crippen LogP contribution >= 0.6 is 0 Å². The third-order valence-electron chi connectivity index (χ3n) is 3.66. The molecule has 0 spiro atoms. The lowest BCUT2D eigenvalue weighted by molar-refractivity contribution is -0.0671. The van der Waals surface area contributed by atoms with E-state index in [0.29, 0.717) is 6.54 Å². The van der Waals surface area contributed by atoms with Crippen LogP contribution in [0.5, 0.6) is 0 Å². The lowest BCUT2D eigenvalue weighted by atomic mass is 10.2. The third-order valence-corrected chi connectivity index (χ3v) is 6.03. The Morgan fingerprint density at radius 2 is 1.75 bits per heavy atom. The van der Waals surface area contributed by atoms with E-state index in [1.807, 2.05) is 13.8 Å². The van der Waals surface area contributed by atoms with Gasteiger partial charge in [0.15, 0.2) is 0 Å². The van der Waals surface area contributed by atoms with E-state index in [9.17, 15) is 16.8 Å². The molecule has 24 heavy (non-hydrogen) atoms. The summed E-state index contributed by atoms with van der Waals surface area (Å²) in [5, 5.41) is 5.03. The zero-order valence-electron chi connectivity index (χ0n) is 13.7. The summed E-state index contributed by atoms with van der Waals surface area (Å²) in [6, 6.07) is 4.98. The summed E-state index contributed by atoms with van der Waals surface area (Å²) in [4.78, 5) is 1.77. The van der Waals surface area contributed by atoms with Crippen LogP contribution in [0, 0.1) is 0 Å². The van der Waals surface area contributed by atoms with Crippen LogP contribution in [0.2, 0.25) is 0 Å². The van der Waals surface area contributed by atoms with E-state index in [-0.39, 0.29) is 28.5 Å². The molecule has 10 heteroatoms. The molecule has 1 aromatic rings. The molecule has 1 heterocycles. The molecule has 0 bridgehead atoms. The number of nitrogens with one attached hydrogen (secondary N) is 1. The number of nitrogens with two attached hydrogens (primary N) is 1. The van der Waals surface area contributed by atoms with Gasteiger partial charge in [-0.1, -0.05) is 6.07 Å². The number of sulfonamides is 2. The molecule has 2 unspecified atom stereocenters. The molecule has 1 aliphatic heterocycles. The molecule has 0 aliphatic carbocycles. The highest BCUT2D eigenvalue weighted by Crippen LogP contribution is 2.14. The molecule has 1 aromatic carbocycles. The lowest BCUT2D eigenvalue weighted by Crippen LogP contribution is -2.47. The van der Waals surface area contributed by atoms with Gasteiger partial charge in [-0.15, -0.1) is 0 Å². The van der Waals surface area contributed by atoms with Crippen molar-refractivity contribution in [3.05, 3.63) is 24.3 Å².